The van der Waals surface area contributed by atoms with Crippen LogP contribution < -0.4 is 5.32 Å². The van der Waals surface area contributed by atoms with Crippen molar-refractivity contribution in [3.63, 3.8) is 0 Å². The molecule has 19 heavy (non-hydrogen) atoms. The first kappa shape index (κ1) is 15.9. The minimum atomic E-state index is -0.234. The van der Waals surface area contributed by atoms with Gasteiger partial charge in [0.15, 0.2) is 0 Å². The highest BCUT2D eigenvalue weighted by molar-refractivity contribution is 5.89. The van der Waals surface area contributed by atoms with Crippen molar-refractivity contribution in [1.82, 2.24) is 10.2 Å². The van der Waals surface area contributed by atoms with Crippen LogP contribution in [0.25, 0.3) is 0 Å². The average Bonchev–Trinajstić information content (AvgIpc) is 2.77. The van der Waals surface area contributed by atoms with Crippen LogP contribution in [-0.2, 0) is 14.3 Å². The van der Waals surface area contributed by atoms with Crippen LogP contribution in [0.15, 0.2) is 0 Å². The van der Waals surface area contributed by atoms with E-state index >= 15 is 0 Å². The first-order valence-electron chi connectivity index (χ1n) is 6.84. The quantitative estimate of drug-likeness (QED) is 0.568. The number of nitrogens with one attached hydrogen (secondary N) is 1. The lowest BCUT2D eigenvalue weighted by atomic mass is 10.1. The third kappa shape index (κ3) is 5.57. The molecule has 0 aliphatic carbocycles. The standard InChI is InChI=1S/C13H24N2O4/c1-19-8-6-15-10-11(9-12(15)17)13(18)14-5-3-2-4-7-16/h11,16H,2-10H2,1H3,(H,14,18). The summed E-state index contributed by atoms with van der Waals surface area (Å²) in [5.74, 6) is -0.253. The van der Waals surface area contributed by atoms with Crippen molar-refractivity contribution in [3.05, 3.63) is 0 Å². The molecule has 6 heteroatoms. The number of likely N-dealkylation sites (tertiary alicyclic amines) is 1. The van der Waals surface area contributed by atoms with Gasteiger partial charge < -0.3 is 20.1 Å². The van der Waals surface area contributed by atoms with Crippen LogP contribution in [0.5, 0.6) is 0 Å². The summed E-state index contributed by atoms with van der Waals surface area (Å²) in [6.45, 7) is 2.35. The third-order valence-corrected chi connectivity index (χ3v) is 3.28. The minimum Gasteiger partial charge on any atom is -0.396 e. The normalized spacial score (nSPS) is 18.9. The number of hydrogen-bond donors (Lipinski definition) is 2. The fourth-order valence-corrected chi connectivity index (χ4v) is 2.13. The molecule has 0 bridgehead atoms. The van der Waals surface area contributed by atoms with Crippen molar-refractivity contribution < 1.29 is 19.4 Å². The number of nitrogens with zero attached hydrogens (tertiary/aromatic N) is 1. The molecule has 0 aromatic heterocycles. The summed E-state index contributed by atoms with van der Waals surface area (Å²) in [5.41, 5.74) is 0. The fraction of sp³-hybridized carbons (Fsp3) is 0.846. The van der Waals surface area contributed by atoms with Crippen molar-refractivity contribution >= 4 is 11.8 Å². The van der Waals surface area contributed by atoms with Crippen molar-refractivity contribution in [2.45, 2.75) is 25.7 Å². The molecule has 0 aromatic carbocycles. The lowest BCUT2D eigenvalue weighted by molar-refractivity contribution is -0.129. The number of carbonyl (C=O) groups is 2. The predicted molar refractivity (Wildman–Crippen MR) is 70.5 cm³/mol. The molecule has 0 spiro atoms. The van der Waals surface area contributed by atoms with E-state index in [2.05, 4.69) is 5.32 Å². The number of aliphatic hydroxyl groups is 1. The van der Waals surface area contributed by atoms with E-state index in [1.165, 1.54) is 0 Å². The van der Waals surface area contributed by atoms with Crippen LogP contribution >= 0.6 is 0 Å². The largest absolute Gasteiger partial charge is 0.396 e. The molecule has 1 unspecified atom stereocenters. The summed E-state index contributed by atoms with van der Waals surface area (Å²) in [5, 5.41) is 11.5. The summed E-state index contributed by atoms with van der Waals surface area (Å²) in [4.78, 5) is 25.2. The average molecular weight is 272 g/mol. The second-order valence-electron chi connectivity index (χ2n) is 4.81. The Balaban J connectivity index is 2.21. The zero-order valence-electron chi connectivity index (χ0n) is 11.6. The molecule has 2 amide bonds. The van der Waals surface area contributed by atoms with Gasteiger partial charge >= 0.3 is 0 Å². The predicted octanol–water partition coefficient (Wildman–Crippen LogP) is -0.240. The van der Waals surface area contributed by atoms with Gasteiger partial charge in [-0.25, -0.2) is 0 Å². The lowest BCUT2D eigenvalue weighted by Crippen LogP contribution is -2.34. The van der Waals surface area contributed by atoms with Gasteiger partial charge in [-0.05, 0) is 19.3 Å². The molecule has 110 valence electrons. The molecule has 2 N–H and O–H groups in total. The summed E-state index contributed by atoms with van der Waals surface area (Å²) in [6, 6.07) is 0. The number of amides is 2. The molecule has 1 fully saturated rings. The summed E-state index contributed by atoms with van der Waals surface area (Å²) in [7, 11) is 1.59. The van der Waals surface area contributed by atoms with Gasteiger partial charge in [-0.1, -0.05) is 0 Å². The smallest absolute Gasteiger partial charge is 0.225 e. The molecule has 1 aliphatic heterocycles. The molecular formula is C13H24N2O4. The van der Waals surface area contributed by atoms with Crippen molar-refractivity contribution in [2.24, 2.45) is 5.92 Å². The van der Waals surface area contributed by atoms with E-state index in [0.717, 1.165) is 19.3 Å². The number of carbonyl (C=O) groups excluding carboxylic acids is 2. The van der Waals surface area contributed by atoms with E-state index < -0.39 is 0 Å². The Morgan fingerprint density at radius 3 is 2.95 bits per heavy atom. The Morgan fingerprint density at radius 2 is 2.26 bits per heavy atom. The SMILES string of the molecule is COCCN1CC(C(=O)NCCCCCO)CC1=O. The van der Waals surface area contributed by atoms with E-state index in [1.54, 1.807) is 12.0 Å². The van der Waals surface area contributed by atoms with Crippen molar-refractivity contribution in [3.8, 4) is 0 Å². The maximum Gasteiger partial charge on any atom is 0.225 e. The maximum atomic E-state index is 11.9. The molecule has 0 saturated carbocycles. The molecule has 1 saturated heterocycles. The zero-order chi connectivity index (χ0) is 14.1. The van der Waals surface area contributed by atoms with Gasteiger partial charge in [0.2, 0.25) is 11.8 Å². The molecule has 1 rings (SSSR count). The highest BCUT2D eigenvalue weighted by atomic mass is 16.5. The van der Waals surface area contributed by atoms with Gasteiger partial charge in [0, 0.05) is 39.8 Å². The van der Waals surface area contributed by atoms with E-state index in [1.807, 2.05) is 0 Å². The number of hydrogen-bond acceptors (Lipinski definition) is 4. The van der Waals surface area contributed by atoms with Gasteiger partial charge in [0.1, 0.15) is 0 Å². The second kappa shape index (κ2) is 8.87. The molecule has 6 nitrogen and oxygen atoms in total. The number of rotatable bonds is 9. The highest BCUT2D eigenvalue weighted by Crippen LogP contribution is 2.17. The Hall–Kier alpha value is -1.14. The lowest BCUT2D eigenvalue weighted by Gasteiger charge is -2.15. The van der Waals surface area contributed by atoms with Crippen LogP contribution in [-0.4, -0.2) is 61.8 Å². The number of unbranched alkanes of at least 4 members (excludes halogenated alkanes) is 2. The Labute approximate surface area is 114 Å². The maximum absolute atomic E-state index is 11.9. The Morgan fingerprint density at radius 1 is 1.47 bits per heavy atom. The molecule has 0 aromatic rings. The highest BCUT2D eigenvalue weighted by Gasteiger charge is 2.33. The van der Waals surface area contributed by atoms with Gasteiger partial charge in [-0.15, -0.1) is 0 Å². The number of methoxy groups -OCH3 is 1. The summed E-state index contributed by atoms with van der Waals surface area (Å²) >= 11 is 0. The molecule has 1 aliphatic rings. The fourth-order valence-electron chi connectivity index (χ4n) is 2.13. The van der Waals surface area contributed by atoms with Crippen molar-refractivity contribution in [1.29, 1.82) is 0 Å². The van der Waals surface area contributed by atoms with E-state index in [-0.39, 0.29) is 24.3 Å². The first-order chi connectivity index (χ1) is 9.19. The molecule has 1 atom stereocenters. The minimum absolute atomic E-state index is 0.0254. The Kier molecular flexibility index (Phi) is 7.43. The van der Waals surface area contributed by atoms with Crippen LogP contribution in [0.2, 0.25) is 0 Å². The Bertz CT molecular complexity index is 296. The second-order valence-corrected chi connectivity index (χ2v) is 4.81. The molecule has 0 radical (unpaired) electrons. The van der Waals surface area contributed by atoms with E-state index in [0.29, 0.717) is 32.7 Å². The van der Waals surface area contributed by atoms with Crippen LogP contribution in [0.1, 0.15) is 25.7 Å². The van der Waals surface area contributed by atoms with E-state index in [9.17, 15) is 9.59 Å². The summed E-state index contributed by atoms with van der Waals surface area (Å²) in [6.07, 6.45) is 2.83. The zero-order valence-corrected chi connectivity index (χ0v) is 11.6. The number of aliphatic hydroxyl groups excluding tert-OH is 1. The van der Waals surface area contributed by atoms with E-state index in [4.69, 9.17) is 9.84 Å². The first-order valence-corrected chi connectivity index (χ1v) is 6.84. The molecular weight excluding hydrogens is 248 g/mol. The third-order valence-electron chi connectivity index (χ3n) is 3.28. The van der Waals surface area contributed by atoms with Crippen LogP contribution in [0, 0.1) is 5.92 Å². The van der Waals surface area contributed by atoms with Crippen LogP contribution in [0.4, 0.5) is 0 Å². The van der Waals surface area contributed by atoms with Gasteiger partial charge in [0.25, 0.3) is 0 Å². The summed E-state index contributed by atoms with van der Waals surface area (Å²) < 4.78 is 4.94. The van der Waals surface area contributed by atoms with Crippen LogP contribution in [0.3, 0.4) is 0 Å². The van der Waals surface area contributed by atoms with Gasteiger partial charge in [0.05, 0.1) is 12.5 Å². The van der Waals surface area contributed by atoms with Gasteiger partial charge in [-0.3, -0.25) is 9.59 Å². The topological polar surface area (TPSA) is 78.9 Å². The monoisotopic (exact) mass is 272 g/mol. The number of ether oxygens (including phenoxy) is 1. The van der Waals surface area contributed by atoms with Gasteiger partial charge in [-0.2, -0.15) is 0 Å². The molecule has 1 heterocycles. The van der Waals surface area contributed by atoms with Crippen molar-refractivity contribution in [2.75, 3.05) is 40.0 Å².